The van der Waals surface area contributed by atoms with Gasteiger partial charge in [0.25, 0.3) is 15.9 Å². The molecule has 0 fully saturated rings. The molecule has 0 spiro atoms. The molecule has 0 unspecified atom stereocenters. The first-order chi connectivity index (χ1) is 14.3. The van der Waals surface area contributed by atoms with Gasteiger partial charge in [-0.15, -0.1) is 5.17 Å². The lowest BCUT2D eigenvalue weighted by Gasteiger charge is -2.19. The topological polar surface area (TPSA) is 95.9 Å². The van der Waals surface area contributed by atoms with Crippen LogP contribution in [0.3, 0.4) is 0 Å². The summed E-state index contributed by atoms with van der Waals surface area (Å²) in [4.78, 5) is 14.3. The number of aryl methyl sites for hydroxylation is 1. The smallest absolute Gasteiger partial charge is 0.293 e. The SMILES string of the molecule is COc1ccc(S(=O)(=O)NN(O)C(=O)c2ccccc2C)c(Cc2ccccc2)c1. The maximum absolute atomic E-state index is 13.0. The summed E-state index contributed by atoms with van der Waals surface area (Å²) in [7, 11) is -2.76. The minimum absolute atomic E-state index is 0.00576. The Kier molecular flexibility index (Phi) is 6.51. The zero-order chi connectivity index (χ0) is 21.7. The molecule has 0 heterocycles. The summed E-state index contributed by atoms with van der Waals surface area (Å²) in [5, 5.41) is 10.1. The van der Waals surface area contributed by atoms with Gasteiger partial charge < -0.3 is 4.74 Å². The predicted molar refractivity (Wildman–Crippen MR) is 112 cm³/mol. The summed E-state index contributed by atoms with van der Waals surface area (Å²) in [6, 6.07) is 20.4. The molecule has 7 nitrogen and oxygen atoms in total. The van der Waals surface area contributed by atoms with Crippen molar-refractivity contribution in [1.29, 1.82) is 0 Å². The van der Waals surface area contributed by atoms with Crippen molar-refractivity contribution in [2.75, 3.05) is 7.11 Å². The fourth-order valence-electron chi connectivity index (χ4n) is 3.03. The summed E-state index contributed by atoms with van der Waals surface area (Å²) in [6.45, 7) is 1.69. The van der Waals surface area contributed by atoms with E-state index >= 15 is 0 Å². The van der Waals surface area contributed by atoms with Gasteiger partial charge in [0.1, 0.15) is 5.75 Å². The number of carbonyl (C=O) groups is 1. The van der Waals surface area contributed by atoms with Gasteiger partial charge in [-0.05, 0) is 54.3 Å². The number of nitrogens with zero attached hydrogens (tertiary/aromatic N) is 1. The fourth-order valence-corrected chi connectivity index (χ4v) is 4.16. The average Bonchev–Trinajstić information content (AvgIpc) is 2.73. The highest BCUT2D eigenvalue weighted by Gasteiger charge is 2.25. The number of rotatable bonds is 7. The van der Waals surface area contributed by atoms with Gasteiger partial charge in [0.15, 0.2) is 0 Å². The summed E-state index contributed by atoms with van der Waals surface area (Å²) < 4.78 is 31.2. The number of methoxy groups -OCH3 is 1. The molecule has 156 valence electrons. The number of carbonyl (C=O) groups excluding carboxylic acids is 1. The lowest BCUT2D eigenvalue weighted by Crippen LogP contribution is -2.44. The third-order valence-corrected chi connectivity index (χ3v) is 5.96. The van der Waals surface area contributed by atoms with Crippen molar-refractivity contribution in [2.24, 2.45) is 0 Å². The quantitative estimate of drug-likeness (QED) is 0.446. The number of hydrogen-bond acceptors (Lipinski definition) is 5. The van der Waals surface area contributed by atoms with Crippen LogP contribution in [0.1, 0.15) is 27.0 Å². The second-order valence-electron chi connectivity index (χ2n) is 6.66. The van der Waals surface area contributed by atoms with E-state index in [1.807, 2.05) is 35.2 Å². The number of hydroxylamine groups is 1. The number of amides is 1. The summed E-state index contributed by atoms with van der Waals surface area (Å²) in [5.74, 6) is -0.383. The van der Waals surface area contributed by atoms with E-state index in [4.69, 9.17) is 4.74 Å². The van der Waals surface area contributed by atoms with Crippen LogP contribution in [0, 0.1) is 6.92 Å². The van der Waals surface area contributed by atoms with Crippen LogP contribution in [0.4, 0.5) is 0 Å². The molecule has 0 aliphatic carbocycles. The van der Waals surface area contributed by atoms with Crippen molar-refractivity contribution in [2.45, 2.75) is 18.2 Å². The normalized spacial score (nSPS) is 11.2. The van der Waals surface area contributed by atoms with Crippen molar-refractivity contribution in [1.82, 2.24) is 10.0 Å². The largest absolute Gasteiger partial charge is 0.497 e. The first kappa shape index (κ1) is 21.5. The van der Waals surface area contributed by atoms with Crippen molar-refractivity contribution in [3.63, 3.8) is 0 Å². The van der Waals surface area contributed by atoms with Crippen LogP contribution < -0.4 is 9.57 Å². The second kappa shape index (κ2) is 9.08. The lowest BCUT2D eigenvalue weighted by molar-refractivity contribution is -0.0761. The lowest BCUT2D eigenvalue weighted by atomic mass is 10.0. The van der Waals surface area contributed by atoms with E-state index < -0.39 is 15.9 Å². The van der Waals surface area contributed by atoms with E-state index in [0.29, 0.717) is 23.3 Å². The highest BCUT2D eigenvalue weighted by atomic mass is 32.2. The van der Waals surface area contributed by atoms with Crippen molar-refractivity contribution >= 4 is 15.9 Å². The minimum Gasteiger partial charge on any atom is -0.497 e. The Morgan fingerprint density at radius 3 is 2.37 bits per heavy atom. The van der Waals surface area contributed by atoms with Crippen LogP contribution in [0.2, 0.25) is 0 Å². The summed E-state index contributed by atoms with van der Waals surface area (Å²) in [6.07, 6.45) is 0.325. The van der Waals surface area contributed by atoms with Gasteiger partial charge in [0, 0.05) is 5.56 Å². The van der Waals surface area contributed by atoms with Gasteiger partial charge in [-0.1, -0.05) is 53.4 Å². The molecule has 0 aliphatic heterocycles. The second-order valence-corrected chi connectivity index (χ2v) is 8.29. The molecule has 0 radical (unpaired) electrons. The number of hydrogen-bond donors (Lipinski definition) is 2. The van der Waals surface area contributed by atoms with Crippen LogP contribution in [0.5, 0.6) is 5.75 Å². The maximum Gasteiger partial charge on any atom is 0.293 e. The Balaban J connectivity index is 1.91. The van der Waals surface area contributed by atoms with Crippen molar-refractivity contribution < 1.29 is 23.2 Å². The van der Waals surface area contributed by atoms with E-state index in [0.717, 1.165) is 5.56 Å². The third-order valence-electron chi connectivity index (χ3n) is 4.57. The van der Waals surface area contributed by atoms with Gasteiger partial charge in [-0.3, -0.25) is 10.0 Å². The summed E-state index contributed by atoms with van der Waals surface area (Å²) >= 11 is 0. The zero-order valence-corrected chi connectivity index (χ0v) is 17.4. The third kappa shape index (κ3) is 4.85. The maximum atomic E-state index is 13.0. The summed E-state index contributed by atoms with van der Waals surface area (Å²) in [5.41, 5.74) is 2.15. The molecule has 0 aromatic heterocycles. The Bertz CT molecular complexity index is 1150. The molecule has 3 aromatic carbocycles. The molecular weight excluding hydrogens is 404 g/mol. The molecular formula is C22H22N2O5S. The Labute approximate surface area is 175 Å². The van der Waals surface area contributed by atoms with Gasteiger partial charge in [0.05, 0.1) is 12.0 Å². The minimum atomic E-state index is -4.25. The monoisotopic (exact) mass is 426 g/mol. The molecule has 8 heteroatoms. The Morgan fingerprint density at radius 2 is 1.70 bits per heavy atom. The number of ether oxygens (including phenoxy) is 1. The molecule has 0 bridgehead atoms. The van der Waals surface area contributed by atoms with Crippen molar-refractivity contribution in [3.05, 3.63) is 95.1 Å². The molecule has 1 amide bonds. The fraction of sp³-hybridized carbons (Fsp3) is 0.136. The molecule has 0 atom stereocenters. The highest BCUT2D eigenvalue weighted by molar-refractivity contribution is 7.89. The first-order valence-corrected chi connectivity index (χ1v) is 10.6. The molecule has 0 saturated heterocycles. The molecule has 3 aromatic rings. The van der Waals surface area contributed by atoms with E-state index in [9.17, 15) is 18.4 Å². The van der Waals surface area contributed by atoms with E-state index in [1.165, 1.54) is 25.3 Å². The predicted octanol–water partition coefficient (Wildman–Crippen LogP) is 3.32. The number of nitrogens with one attached hydrogen (secondary N) is 1. The Morgan fingerprint density at radius 1 is 1.03 bits per heavy atom. The average molecular weight is 426 g/mol. The first-order valence-electron chi connectivity index (χ1n) is 9.14. The van der Waals surface area contributed by atoms with Gasteiger partial charge in [-0.25, -0.2) is 8.42 Å². The highest BCUT2D eigenvalue weighted by Crippen LogP contribution is 2.24. The van der Waals surface area contributed by atoms with Gasteiger partial charge in [-0.2, -0.15) is 0 Å². The molecule has 30 heavy (non-hydrogen) atoms. The van der Waals surface area contributed by atoms with Crippen LogP contribution in [0.25, 0.3) is 0 Å². The van der Waals surface area contributed by atoms with Crippen molar-refractivity contribution in [3.8, 4) is 5.75 Å². The van der Waals surface area contributed by atoms with Gasteiger partial charge in [0.2, 0.25) is 0 Å². The molecule has 0 aliphatic rings. The van der Waals surface area contributed by atoms with E-state index in [2.05, 4.69) is 0 Å². The van der Waals surface area contributed by atoms with E-state index in [1.54, 1.807) is 31.2 Å². The Hall–Kier alpha value is -3.20. The standard InChI is InChI=1S/C22H22N2O5S/c1-16-8-6-7-11-20(16)22(25)24(26)23-30(27,28)21-13-12-19(29-2)15-18(21)14-17-9-4-3-5-10-17/h3-13,15,23,26H,14H2,1-2H3. The molecule has 0 saturated carbocycles. The van der Waals surface area contributed by atoms with E-state index in [-0.39, 0.29) is 15.6 Å². The number of sulfonamides is 1. The molecule has 3 rings (SSSR count). The van der Waals surface area contributed by atoms with Crippen LogP contribution >= 0.6 is 0 Å². The molecule has 2 N–H and O–H groups in total. The van der Waals surface area contributed by atoms with Crippen LogP contribution in [-0.4, -0.2) is 31.8 Å². The van der Waals surface area contributed by atoms with Crippen LogP contribution in [-0.2, 0) is 16.4 Å². The number of hydrazine groups is 1. The number of benzene rings is 3. The zero-order valence-electron chi connectivity index (χ0n) is 16.6. The van der Waals surface area contributed by atoms with Crippen LogP contribution in [0.15, 0.2) is 77.7 Å². The van der Waals surface area contributed by atoms with Gasteiger partial charge >= 0.3 is 0 Å².